The van der Waals surface area contributed by atoms with Crippen LogP contribution in [-0.2, 0) is 6.54 Å². The van der Waals surface area contributed by atoms with Gasteiger partial charge in [-0.1, -0.05) is 35.0 Å². The molecule has 0 atom stereocenters. The van der Waals surface area contributed by atoms with Gasteiger partial charge in [-0.15, -0.1) is 5.10 Å². The molecule has 0 aliphatic heterocycles. The molecular formula is C14H15N3O. The highest BCUT2D eigenvalue weighted by molar-refractivity contribution is 5.73. The van der Waals surface area contributed by atoms with E-state index in [1.54, 1.807) is 0 Å². The maximum absolute atomic E-state index is 11.0. The summed E-state index contributed by atoms with van der Waals surface area (Å²) in [6.45, 7) is 2.76. The molecule has 92 valence electrons. The first kappa shape index (κ1) is 11.1. The first-order valence-corrected chi connectivity index (χ1v) is 6.22. The summed E-state index contributed by atoms with van der Waals surface area (Å²) >= 11 is 0. The Balaban J connectivity index is 1.92. The van der Waals surface area contributed by atoms with Crippen LogP contribution in [0.2, 0.25) is 0 Å². The Kier molecular flexibility index (Phi) is 2.70. The van der Waals surface area contributed by atoms with Gasteiger partial charge in [-0.05, 0) is 25.3 Å². The summed E-state index contributed by atoms with van der Waals surface area (Å²) in [6.07, 6.45) is 3.09. The zero-order valence-corrected chi connectivity index (χ0v) is 10.3. The second-order valence-electron chi connectivity index (χ2n) is 4.90. The summed E-state index contributed by atoms with van der Waals surface area (Å²) in [5.74, 6) is 0.477. The molecule has 0 radical (unpaired) electrons. The smallest absolute Gasteiger partial charge is 0.172 e. The van der Waals surface area contributed by atoms with Gasteiger partial charge in [0.15, 0.2) is 6.29 Å². The second kappa shape index (κ2) is 4.37. The van der Waals surface area contributed by atoms with Gasteiger partial charge in [0.05, 0.1) is 12.2 Å². The number of carbonyl (C=O) groups is 1. The van der Waals surface area contributed by atoms with Crippen molar-refractivity contribution >= 4 is 6.29 Å². The Bertz CT molecular complexity index is 584. The average molecular weight is 241 g/mol. The van der Waals surface area contributed by atoms with E-state index < -0.39 is 0 Å². The number of aldehydes is 1. The van der Waals surface area contributed by atoms with Crippen LogP contribution in [-0.4, -0.2) is 21.3 Å². The molecular weight excluding hydrogens is 226 g/mol. The number of hydrogen-bond acceptors (Lipinski definition) is 3. The van der Waals surface area contributed by atoms with Gasteiger partial charge in [0.2, 0.25) is 0 Å². The maximum atomic E-state index is 11.0. The third-order valence-electron chi connectivity index (χ3n) is 3.29. The van der Waals surface area contributed by atoms with Gasteiger partial charge in [-0.25, -0.2) is 4.68 Å². The molecule has 4 nitrogen and oxygen atoms in total. The number of nitrogens with zero attached hydrogens (tertiary/aromatic N) is 3. The standard InChI is InChI=1S/C14H15N3O/c1-10-3-2-4-11(7-10)8-17-14(12-5-6-12)13(9-18)15-16-17/h2-4,7,9,12H,5-6,8H2,1H3. The first-order valence-electron chi connectivity index (χ1n) is 6.22. The van der Waals surface area contributed by atoms with Crippen LogP contribution in [0.1, 0.15) is 46.1 Å². The average Bonchev–Trinajstić information content (AvgIpc) is 3.11. The van der Waals surface area contributed by atoms with Crippen molar-refractivity contribution in [2.24, 2.45) is 0 Å². The molecule has 1 aromatic heterocycles. The highest BCUT2D eigenvalue weighted by Gasteiger charge is 2.31. The molecule has 1 fully saturated rings. The van der Waals surface area contributed by atoms with Crippen LogP contribution >= 0.6 is 0 Å². The van der Waals surface area contributed by atoms with E-state index >= 15 is 0 Å². The van der Waals surface area contributed by atoms with Gasteiger partial charge in [-0.3, -0.25) is 4.79 Å². The molecule has 0 N–H and O–H groups in total. The molecule has 2 aromatic rings. The fraction of sp³-hybridized carbons (Fsp3) is 0.357. The van der Waals surface area contributed by atoms with E-state index in [9.17, 15) is 4.79 Å². The van der Waals surface area contributed by atoms with Crippen LogP contribution in [0.5, 0.6) is 0 Å². The quantitative estimate of drug-likeness (QED) is 0.772. The minimum Gasteiger partial charge on any atom is -0.296 e. The fourth-order valence-electron chi connectivity index (χ4n) is 2.29. The first-order chi connectivity index (χ1) is 8.78. The number of rotatable bonds is 4. The Morgan fingerprint density at radius 1 is 1.44 bits per heavy atom. The number of carbonyl (C=O) groups excluding carboxylic acids is 1. The Morgan fingerprint density at radius 3 is 2.94 bits per heavy atom. The lowest BCUT2D eigenvalue weighted by atomic mass is 10.1. The highest BCUT2D eigenvalue weighted by Crippen LogP contribution is 2.40. The summed E-state index contributed by atoms with van der Waals surface area (Å²) in [7, 11) is 0. The topological polar surface area (TPSA) is 47.8 Å². The molecule has 1 aromatic carbocycles. The molecule has 0 saturated heterocycles. The van der Waals surface area contributed by atoms with E-state index in [1.807, 2.05) is 10.7 Å². The predicted molar refractivity (Wildman–Crippen MR) is 67.7 cm³/mol. The molecule has 1 heterocycles. The Labute approximate surface area is 106 Å². The summed E-state index contributed by atoms with van der Waals surface area (Å²) in [5, 5.41) is 8.07. The summed E-state index contributed by atoms with van der Waals surface area (Å²) < 4.78 is 1.87. The Hall–Kier alpha value is -1.97. The van der Waals surface area contributed by atoms with Crippen LogP contribution in [0.4, 0.5) is 0 Å². The zero-order valence-electron chi connectivity index (χ0n) is 10.3. The van der Waals surface area contributed by atoms with Gasteiger partial charge in [0, 0.05) is 5.92 Å². The van der Waals surface area contributed by atoms with Crippen molar-refractivity contribution in [2.45, 2.75) is 32.2 Å². The second-order valence-corrected chi connectivity index (χ2v) is 4.90. The molecule has 18 heavy (non-hydrogen) atoms. The minimum absolute atomic E-state index is 0.477. The van der Waals surface area contributed by atoms with Crippen LogP contribution < -0.4 is 0 Å². The van der Waals surface area contributed by atoms with Crippen molar-refractivity contribution in [3.05, 3.63) is 46.8 Å². The number of benzene rings is 1. The van der Waals surface area contributed by atoms with E-state index in [1.165, 1.54) is 11.1 Å². The fourth-order valence-corrected chi connectivity index (χ4v) is 2.29. The highest BCUT2D eigenvalue weighted by atomic mass is 16.1. The largest absolute Gasteiger partial charge is 0.296 e. The van der Waals surface area contributed by atoms with Crippen molar-refractivity contribution in [3.8, 4) is 0 Å². The minimum atomic E-state index is 0.477. The van der Waals surface area contributed by atoms with E-state index in [-0.39, 0.29) is 0 Å². The van der Waals surface area contributed by atoms with E-state index in [4.69, 9.17) is 0 Å². The third-order valence-corrected chi connectivity index (χ3v) is 3.29. The number of aromatic nitrogens is 3. The Morgan fingerprint density at radius 2 is 2.28 bits per heavy atom. The molecule has 3 rings (SSSR count). The van der Waals surface area contributed by atoms with Crippen molar-refractivity contribution in [1.29, 1.82) is 0 Å². The van der Waals surface area contributed by atoms with Crippen molar-refractivity contribution < 1.29 is 4.79 Å². The number of aryl methyl sites for hydroxylation is 1. The van der Waals surface area contributed by atoms with Gasteiger partial charge in [0.25, 0.3) is 0 Å². The summed E-state index contributed by atoms with van der Waals surface area (Å²) in [5.41, 5.74) is 3.94. The predicted octanol–water partition coefficient (Wildman–Crippen LogP) is 2.32. The van der Waals surface area contributed by atoms with Crippen LogP contribution in [0.15, 0.2) is 24.3 Å². The maximum Gasteiger partial charge on any atom is 0.172 e. The van der Waals surface area contributed by atoms with Crippen molar-refractivity contribution in [1.82, 2.24) is 15.0 Å². The lowest BCUT2D eigenvalue weighted by molar-refractivity contribution is 0.111. The molecule has 0 unspecified atom stereocenters. The summed E-state index contributed by atoms with van der Waals surface area (Å²) in [6, 6.07) is 8.33. The van der Waals surface area contributed by atoms with Crippen molar-refractivity contribution in [2.75, 3.05) is 0 Å². The molecule has 1 aliphatic carbocycles. The van der Waals surface area contributed by atoms with E-state index in [0.29, 0.717) is 18.2 Å². The van der Waals surface area contributed by atoms with E-state index in [2.05, 4.69) is 35.4 Å². The lowest BCUT2D eigenvalue weighted by Crippen LogP contribution is -2.06. The van der Waals surface area contributed by atoms with Gasteiger partial charge >= 0.3 is 0 Å². The monoisotopic (exact) mass is 241 g/mol. The zero-order chi connectivity index (χ0) is 12.5. The van der Waals surface area contributed by atoms with Crippen LogP contribution in [0, 0.1) is 6.92 Å². The molecule has 0 bridgehead atoms. The van der Waals surface area contributed by atoms with Gasteiger partial charge in [0.1, 0.15) is 5.69 Å². The van der Waals surface area contributed by atoms with Crippen molar-refractivity contribution in [3.63, 3.8) is 0 Å². The lowest BCUT2D eigenvalue weighted by Gasteiger charge is -2.06. The van der Waals surface area contributed by atoms with Crippen LogP contribution in [0.3, 0.4) is 0 Å². The SMILES string of the molecule is Cc1cccc(Cn2nnc(C=O)c2C2CC2)c1. The molecule has 4 heteroatoms. The molecule has 0 amide bonds. The molecule has 1 saturated carbocycles. The normalized spacial score (nSPS) is 14.7. The molecule has 0 spiro atoms. The van der Waals surface area contributed by atoms with Crippen LogP contribution in [0.25, 0.3) is 0 Å². The number of hydrogen-bond donors (Lipinski definition) is 0. The van der Waals surface area contributed by atoms with Gasteiger partial charge in [-0.2, -0.15) is 0 Å². The van der Waals surface area contributed by atoms with E-state index in [0.717, 1.165) is 24.8 Å². The molecule has 1 aliphatic rings. The van der Waals surface area contributed by atoms with Gasteiger partial charge < -0.3 is 0 Å². The summed E-state index contributed by atoms with van der Waals surface area (Å²) in [4.78, 5) is 11.0. The third kappa shape index (κ3) is 2.06.